The van der Waals surface area contributed by atoms with Crippen LogP contribution < -0.4 is 28.7 Å². The van der Waals surface area contributed by atoms with Crippen LogP contribution in [0.3, 0.4) is 0 Å². The molecule has 7 aliphatic rings. The predicted molar refractivity (Wildman–Crippen MR) is 502 cm³/mol. The molecule has 0 spiro atoms. The number of pyridine rings is 6. The van der Waals surface area contributed by atoms with E-state index in [2.05, 4.69) is 248 Å². The average Bonchev–Trinajstić information content (AvgIpc) is 1.60. The van der Waals surface area contributed by atoms with Crippen LogP contribution in [0.4, 0.5) is 34.4 Å². The molecule has 0 aliphatic carbocycles. The van der Waals surface area contributed by atoms with Gasteiger partial charge in [0.25, 0.3) is 0 Å². The van der Waals surface area contributed by atoms with Crippen LogP contribution in [0.2, 0.25) is 0 Å². The smallest absolute Gasteiger partial charge is 0.179 e. The van der Waals surface area contributed by atoms with E-state index in [9.17, 15) is 0 Å². The Bertz CT molecular complexity index is 8170. The largest absolute Gasteiger partial charge is 0.513 e. The normalized spacial score (nSPS) is 13.5. The van der Waals surface area contributed by atoms with Crippen LogP contribution in [0, 0.1) is 36.4 Å². The summed E-state index contributed by atoms with van der Waals surface area (Å²) < 4.78 is 32.7. The first kappa shape index (κ1) is 89.6. The topological polar surface area (TPSA) is 140 Å². The molecule has 0 atom stereocenters. The molecule has 22 heteroatoms. The minimum Gasteiger partial charge on any atom is -0.513 e. The quantitative estimate of drug-likeness (QED) is 0.134. The molecule has 0 N–H and O–H groups in total. The molecule has 12 aromatic carbocycles. The van der Waals surface area contributed by atoms with Gasteiger partial charge in [-0.2, -0.15) is 133 Å². The van der Waals surface area contributed by atoms with Crippen molar-refractivity contribution in [2.24, 2.45) is 0 Å². The van der Waals surface area contributed by atoms with E-state index >= 15 is 0 Å². The fourth-order valence-corrected chi connectivity index (χ4v) is 20.3. The van der Waals surface area contributed by atoms with Crippen LogP contribution in [0.1, 0.15) is 74.9 Å². The summed E-state index contributed by atoms with van der Waals surface area (Å²) >= 11 is 0. The predicted octanol–water partition coefficient (Wildman–Crippen LogP) is 27.0. The van der Waals surface area contributed by atoms with Gasteiger partial charge in [-0.05, 0) is 135 Å². The second-order valence-corrected chi connectivity index (χ2v) is 34.0. The molecule has 23 aromatic rings. The van der Waals surface area contributed by atoms with Gasteiger partial charge in [0.15, 0.2) is 34.6 Å². The number of para-hydroxylation sites is 12. The summed E-state index contributed by atoms with van der Waals surface area (Å²) in [4.78, 5) is 31.9. The molecule has 0 saturated heterocycles. The third-order valence-electron chi connectivity index (χ3n) is 26.0. The Balaban J connectivity index is 0.000000102. The Morgan fingerprint density at radius 2 is 0.564 bits per heavy atom. The standard InChI is InChI=1S/C23H21N2.C20H15N2.C17H9N2O2.2C17H9N2O.C17H9N2.6Ir/c1-22(2)15-9-5-6-13-19(15)25-20-16(22)10-7-11-17(20)23(3,4)18-12-8-14-24-21(18)25;1-20(2)15-9-5-8-14-13-7-3-4-11-17(13)22(18(14)15)19-16(20)10-6-12-21-19;1-2-6-12-11(5-1)19-16-13(20-12)7-3-8-14(16)21-15-9-4-10-18-17(15)19;1-2-8-14-13(7-1)19-16-11(5-3-9-15(16)20-14)12-6-4-10-18-17(12)19;1-2-7-13-11(5-1)12-6-3-8-14-16(12)19(13)17-15(20-14)9-4-10-18-17;1-2-9-15-11(5-1)12-6-3-7-13-14-8-4-10-18-17(14)19(15)16(12)13;;;;;;/h5-12,14H,1-4H3;3-10,12H,1-2H3;1-4,6-10H;2*1-6,8-10H;1-8,10H;;;;;;/q6*-1;;;;;;. The molecule has 0 fully saturated rings. The van der Waals surface area contributed by atoms with Gasteiger partial charge in [0, 0.05) is 224 Å². The summed E-state index contributed by atoms with van der Waals surface area (Å²) in [6.45, 7) is 13.8. The Morgan fingerprint density at radius 1 is 0.226 bits per heavy atom. The monoisotopic (exact) mass is 2790 g/mol. The van der Waals surface area contributed by atoms with Crippen molar-refractivity contribution in [3.8, 4) is 63.3 Å². The number of fused-ring (bicyclic) bond motifs is 29. The van der Waals surface area contributed by atoms with Gasteiger partial charge in [-0.1, -0.05) is 161 Å². The molecular weight excluding hydrogens is 2720 g/mol. The number of hydrogen-bond acceptors (Lipinski definition) is 12. The molecule has 11 aromatic heterocycles. The molecular formula is C111H72Ir6N12O4-6. The van der Waals surface area contributed by atoms with E-state index in [1.54, 1.807) is 12.4 Å². The van der Waals surface area contributed by atoms with Crippen molar-refractivity contribution >= 4 is 138 Å². The fraction of sp³-hybridized carbons (Fsp3) is 0.0811. The molecule has 0 unspecified atom stereocenters. The van der Waals surface area contributed by atoms with Crippen LogP contribution in [0.15, 0.2) is 328 Å². The summed E-state index contributed by atoms with van der Waals surface area (Å²) in [5.41, 5.74) is 22.7. The van der Waals surface area contributed by atoms with Crippen molar-refractivity contribution in [2.45, 2.75) is 57.8 Å². The molecule has 0 amide bonds. The van der Waals surface area contributed by atoms with Crippen LogP contribution in [-0.4, -0.2) is 48.0 Å². The van der Waals surface area contributed by atoms with Gasteiger partial charge < -0.3 is 46.8 Å². The summed E-state index contributed by atoms with van der Waals surface area (Å²) in [6.07, 6.45) is 11.0. The Labute approximate surface area is 846 Å². The summed E-state index contributed by atoms with van der Waals surface area (Å²) in [5.74, 6) is 10.00. The molecule has 0 bridgehead atoms. The van der Waals surface area contributed by atoms with E-state index in [-0.39, 0.29) is 137 Å². The Kier molecular flexibility index (Phi) is 23.5. The number of anilines is 6. The van der Waals surface area contributed by atoms with Crippen molar-refractivity contribution in [1.29, 1.82) is 0 Å². The molecule has 7 aliphatic heterocycles. The van der Waals surface area contributed by atoms with Crippen molar-refractivity contribution in [1.82, 2.24) is 48.0 Å². The van der Waals surface area contributed by atoms with Gasteiger partial charge in [-0.25, -0.2) is 29.9 Å². The number of rotatable bonds is 0. The van der Waals surface area contributed by atoms with Crippen molar-refractivity contribution in [2.75, 3.05) is 9.80 Å². The first-order chi connectivity index (χ1) is 62.4. The van der Waals surface area contributed by atoms with Crippen LogP contribution in [0.25, 0.3) is 121 Å². The zero-order chi connectivity index (χ0) is 84.7. The van der Waals surface area contributed by atoms with Gasteiger partial charge in [0.1, 0.15) is 40.1 Å². The number of aromatic nitrogens is 10. The summed E-state index contributed by atoms with van der Waals surface area (Å²) in [5, 5.41) is 12.2. The maximum Gasteiger partial charge on any atom is 0.179 e. The zero-order valence-electron chi connectivity index (χ0n) is 71.7. The van der Waals surface area contributed by atoms with Gasteiger partial charge in [-0.15, -0.1) is 33.9 Å². The van der Waals surface area contributed by atoms with E-state index in [0.29, 0.717) is 0 Å². The van der Waals surface area contributed by atoms with E-state index in [1.165, 1.54) is 93.2 Å². The average molecular weight is 2790 g/mol. The van der Waals surface area contributed by atoms with Crippen LogP contribution >= 0.6 is 0 Å². The van der Waals surface area contributed by atoms with Crippen LogP contribution in [0.5, 0.6) is 46.0 Å². The van der Waals surface area contributed by atoms with E-state index in [1.807, 2.05) is 193 Å². The van der Waals surface area contributed by atoms with Gasteiger partial charge in [-0.3, -0.25) is 0 Å². The van der Waals surface area contributed by atoms with E-state index in [0.717, 1.165) is 142 Å². The Morgan fingerprint density at radius 3 is 1.22 bits per heavy atom. The maximum atomic E-state index is 6.00. The molecule has 0 saturated carbocycles. The maximum absolute atomic E-state index is 6.00. The number of hydrogen-bond donors (Lipinski definition) is 0. The number of nitrogens with zero attached hydrogens (tertiary/aromatic N) is 12. The number of ether oxygens (including phenoxy) is 4. The minimum absolute atomic E-state index is 0. The fourth-order valence-electron chi connectivity index (χ4n) is 20.3. The van der Waals surface area contributed by atoms with Crippen molar-refractivity contribution in [3.05, 3.63) is 398 Å². The van der Waals surface area contributed by atoms with Crippen molar-refractivity contribution in [3.63, 3.8) is 0 Å². The summed E-state index contributed by atoms with van der Waals surface area (Å²) in [6, 6.07) is 118. The van der Waals surface area contributed by atoms with E-state index in [4.69, 9.17) is 28.9 Å². The second-order valence-electron chi connectivity index (χ2n) is 34.0. The van der Waals surface area contributed by atoms with Gasteiger partial charge in [0.2, 0.25) is 0 Å². The van der Waals surface area contributed by atoms with Crippen molar-refractivity contribution < 1.29 is 140 Å². The van der Waals surface area contributed by atoms with Gasteiger partial charge >= 0.3 is 0 Å². The molecule has 18 heterocycles. The first-order valence-corrected chi connectivity index (χ1v) is 42.5. The molecule has 133 heavy (non-hydrogen) atoms. The minimum atomic E-state index is -0.0756. The Hall–Kier alpha value is -12.6. The SMILES string of the molecule is CC1(C)c2ccc[c-]c2N2c3ncccc3C(C)(C)c3cccc1c32.CC1(C)c2cccnc2-n2c3[c-]cccc3c3cccc1c32.[Ir].[Ir].[Ir].[Ir].[Ir].[Ir].[c-]1cccc2c1-n1c3ncccc3c3cccc(c31)O2.[c-]1cccc2c1N1c3ncccc3Oc3cccc(c31)O2.[c-]1cccc2c3cccc4c3n(c12)-c1ncccc1O4.[c-]1cccc2c3cccc4c5cccnc5n(c12)c34. The third-order valence-corrected chi connectivity index (χ3v) is 26.0. The van der Waals surface area contributed by atoms with E-state index < -0.39 is 0 Å². The zero-order valence-corrected chi connectivity index (χ0v) is 86.0. The second kappa shape index (κ2) is 34.8. The number of benzene rings is 12. The van der Waals surface area contributed by atoms with Gasteiger partial charge in [0.05, 0.1) is 16.7 Å². The molecule has 30 rings (SSSR count). The first-order valence-electron chi connectivity index (χ1n) is 42.5. The summed E-state index contributed by atoms with van der Waals surface area (Å²) in [7, 11) is 0. The van der Waals surface area contributed by atoms with Crippen LogP contribution in [-0.2, 0) is 137 Å². The molecule has 660 valence electrons. The third kappa shape index (κ3) is 13.6. The molecule has 6 radical (unpaired) electrons. The molecule has 16 nitrogen and oxygen atoms in total.